The molecule has 16 heavy (non-hydrogen) atoms. The molecule has 1 aliphatic rings. The van der Waals surface area contributed by atoms with E-state index in [1.807, 2.05) is 6.07 Å². The van der Waals surface area contributed by atoms with Crippen molar-refractivity contribution in [1.82, 2.24) is 0 Å². The summed E-state index contributed by atoms with van der Waals surface area (Å²) in [6.45, 7) is 1.66. The van der Waals surface area contributed by atoms with E-state index in [2.05, 4.69) is 40.2 Å². The third kappa shape index (κ3) is 3.30. The molecule has 0 aliphatic carbocycles. The first-order chi connectivity index (χ1) is 7.90. The molecule has 1 saturated heterocycles. The summed E-state index contributed by atoms with van der Waals surface area (Å²) in [5, 5.41) is 0.842. The molecule has 0 amide bonds. The van der Waals surface area contributed by atoms with Gasteiger partial charge in [0.25, 0.3) is 0 Å². The van der Waals surface area contributed by atoms with Gasteiger partial charge in [-0.2, -0.15) is 0 Å². The van der Waals surface area contributed by atoms with Gasteiger partial charge in [-0.1, -0.05) is 46.3 Å². The second-order valence-corrected chi connectivity index (χ2v) is 4.65. The third-order valence-electron chi connectivity index (χ3n) is 2.84. The zero-order chi connectivity index (χ0) is 11.2. The Labute approximate surface area is 105 Å². The van der Waals surface area contributed by atoms with Gasteiger partial charge in [0.15, 0.2) is 0 Å². The van der Waals surface area contributed by atoms with Crippen molar-refractivity contribution in [2.45, 2.75) is 25.0 Å². The molecule has 2 nitrogen and oxygen atoms in total. The Kier molecular flexibility index (Phi) is 4.82. The molecule has 88 valence electrons. The van der Waals surface area contributed by atoms with Gasteiger partial charge in [-0.15, -0.1) is 0 Å². The van der Waals surface area contributed by atoms with Crippen molar-refractivity contribution in [2.24, 2.45) is 0 Å². The molecule has 1 atom stereocenters. The van der Waals surface area contributed by atoms with Crippen LogP contribution in [0.5, 0.6) is 0 Å². The fourth-order valence-corrected chi connectivity index (χ4v) is 2.44. The average Bonchev–Trinajstić information content (AvgIpc) is 2.38. The highest BCUT2D eigenvalue weighted by Crippen LogP contribution is 2.24. The maximum atomic E-state index is 6.10. The van der Waals surface area contributed by atoms with Gasteiger partial charge in [0.1, 0.15) is 0 Å². The molecule has 0 bridgehead atoms. The van der Waals surface area contributed by atoms with Crippen LogP contribution in [-0.2, 0) is 9.47 Å². The van der Waals surface area contributed by atoms with Gasteiger partial charge in [0.05, 0.1) is 12.2 Å². The van der Waals surface area contributed by atoms with E-state index in [1.165, 1.54) is 5.56 Å². The first kappa shape index (κ1) is 12.1. The minimum atomic E-state index is 0.157. The molecular formula is C13H17BrO2. The molecule has 1 aromatic rings. The van der Waals surface area contributed by atoms with E-state index in [4.69, 9.17) is 9.47 Å². The standard InChI is InChI=1S/C13H17BrO2/c14-10-13(11-4-2-1-3-5-11)16-12-6-8-15-9-7-12/h1-5,12-13H,6-10H2. The number of halogens is 1. The van der Waals surface area contributed by atoms with Crippen LogP contribution in [-0.4, -0.2) is 24.6 Å². The van der Waals surface area contributed by atoms with Crippen molar-refractivity contribution < 1.29 is 9.47 Å². The third-order valence-corrected chi connectivity index (χ3v) is 3.42. The maximum absolute atomic E-state index is 6.10. The maximum Gasteiger partial charge on any atom is 0.0925 e. The monoisotopic (exact) mass is 284 g/mol. The largest absolute Gasteiger partial charge is 0.381 e. The molecule has 0 aromatic heterocycles. The highest BCUT2D eigenvalue weighted by atomic mass is 79.9. The fourth-order valence-electron chi connectivity index (χ4n) is 1.92. The minimum Gasteiger partial charge on any atom is -0.381 e. The number of rotatable bonds is 4. The lowest BCUT2D eigenvalue weighted by atomic mass is 10.1. The number of alkyl halides is 1. The van der Waals surface area contributed by atoms with Crippen molar-refractivity contribution in [2.75, 3.05) is 18.5 Å². The van der Waals surface area contributed by atoms with Crippen LogP contribution < -0.4 is 0 Å². The Morgan fingerprint density at radius 1 is 1.25 bits per heavy atom. The summed E-state index contributed by atoms with van der Waals surface area (Å²) in [5.41, 5.74) is 1.24. The fraction of sp³-hybridized carbons (Fsp3) is 0.538. The van der Waals surface area contributed by atoms with E-state index in [1.54, 1.807) is 0 Å². The molecule has 2 rings (SSSR count). The van der Waals surface area contributed by atoms with E-state index in [-0.39, 0.29) is 6.10 Å². The van der Waals surface area contributed by atoms with Crippen molar-refractivity contribution >= 4 is 15.9 Å². The number of hydrogen-bond acceptors (Lipinski definition) is 2. The summed E-state index contributed by atoms with van der Waals surface area (Å²) in [6, 6.07) is 10.4. The van der Waals surface area contributed by atoms with Gasteiger partial charge >= 0.3 is 0 Å². The minimum absolute atomic E-state index is 0.157. The molecule has 1 aliphatic heterocycles. The molecular weight excluding hydrogens is 268 g/mol. The lowest BCUT2D eigenvalue weighted by Crippen LogP contribution is -2.25. The van der Waals surface area contributed by atoms with Crippen LogP contribution in [0.1, 0.15) is 24.5 Å². The normalized spacial score (nSPS) is 19.6. The van der Waals surface area contributed by atoms with Gasteiger partial charge < -0.3 is 9.47 Å². The first-order valence-electron chi connectivity index (χ1n) is 5.74. The Morgan fingerprint density at radius 3 is 2.56 bits per heavy atom. The Hall–Kier alpha value is -0.380. The van der Waals surface area contributed by atoms with E-state index < -0.39 is 0 Å². The first-order valence-corrected chi connectivity index (χ1v) is 6.86. The van der Waals surface area contributed by atoms with Crippen LogP contribution in [0.4, 0.5) is 0 Å². The van der Waals surface area contributed by atoms with Crippen molar-refractivity contribution in [3.63, 3.8) is 0 Å². The molecule has 3 heteroatoms. The van der Waals surface area contributed by atoms with E-state index in [9.17, 15) is 0 Å². The second kappa shape index (κ2) is 6.38. The summed E-state index contributed by atoms with van der Waals surface area (Å²) in [4.78, 5) is 0. The molecule has 1 heterocycles. The predicted octanol–water partition coefficient (Wildman–Crippen LogP) is 3.32. The van der Waals surface area contributed by atoms with E-state index in [0.717, 1.165) is 31.4 Å². The van der Waals surface area contributed by atoms with Gasteiger partial charge in [-0.05, 0) is 18.4 Å². The van der Waals surface area contributed by atoms with Crippen LogP contribution in [0.2, 0.25) is 0 Å². The SMILES string of the molecule is BrCC(OC1CCOCC1)c1ccccc1. The highest BCUT2D eigenvalue weighted by molar-refractivity contribution is 9.09. The lowest BCUT2D eigenvalue weighted by molar-refractivity contribution is -0.0616. The zero-order valence-electron chi connectivity index (χ0n) is 9.27. The molecule has 0 spiro atoms. The summed E-state index contributed by atoms with van der Waals surface area (Å²) in [7, 11) is 0. The zero-order valence-corrected chi connectivity index (χ0v) is 10.9. The van der Waals surface area contributed by atoms with E-state index in [0.29, 0.717) is 6.10 Å². The summed E-state index contributed by atoms with van der Waals surface area (Å²) < 4.78 is 11.4. The van der Waals surface area contributed by atoms with Gasteiger partial charge in [0.2, 0.25) is 0 Å². The summed E-state index contributed by atoms with van der Waals surface area (Å²) in [5.74, 6) is 0. The molecule has 0 radical (unpaired) electrons. The predicted molar refractivity (Wildman–Crippen MR) is 67.9 cm³/mol. The Balaban J connectivity index is 1.94. The van der Waals surface area contributed by atoms with Gasteiger partial charge in [-0.3, -0.25) is 0 Å². The molecule has 1 unspecified atom stereocenters. The molecule has 0 N–H and O–H groups in total. The van der Waals surface area contributed by atoms with Crippen molar-refractivity contribution in [1.29, 1.82) is 0 Å². The topological polar surface area (TPSA) is 18.5 Å². The van der Waals surface area contributed by atoms with Gasteiger partial charge in [-0.25, -0.2) is 0 Å². The number of hydrogen-bond donors (Lipinski definition) is 0. The van der Waals surface area contributed by atoms with Crippen LogP contribution in [0.15, 0.2) is 30.3 Å². The smallest absolute Gasteiger partial charge is 0.0925 e. The summed E-state index contributed by atoms with van der Waals surface area (Å²) >= 11 is 3.52. The lowest BCUT2D eigenvalue weighted by Gasteiger charge is -2.27. The van der Waals surface area contributed by atoms with Crippen molar-refractivity contribution in [3.8, 4) is 0 Å². The highest BCUT2D eigenvalue weighted by Gasteiger charge is 2.19. The molecule has 0 saturated carbocycles. The number of ether oxygens (including phenoxy) is 2. The van der Waals surface area contributed by atoms with Crippen LogP contribution in [0.3, 0.4) is 0 Å². The van der Waals surface area contributed by atoms with Crippen LogP contribution in [0, 0.1) is 0 Å². The molecule has 1 fully saturated rings. The van der Waals surface area contributed by atoms with Crippen LogP contribution >= 0.6 is 15.9 Å². The number of benzene rings is 1. The van der Waals surface area contributed by atoms with Crippen molar-refractivity contribution in [3.05, 3.63) is 35.9 Å². The van der Waals surface area contributed by atoms with E-state index >= 15 is 0 Å². The Bertz CT molecular complexity index is 296. The van der Waals surface area contributed by atoms with Gasteiger partial charge in [0, 0.05) is 18.5 Å². The summed E-state index contributed by atoms with van der Waals surface area (Å²) in [6.07, 6.45) is 2.52. The average molecular weight is 285 g/mol. The quantitative estimate of drug-likeness (QED) is 0.790. The van der Waals surface area contributed by atoms with Crippen LogP contribution in [0.25, 0.3) is 0 Å². The second-order valence-electron chi connectivity index (χ2n) is 4.00. The molecule has 1 aromatic carbocycles. The Morgan fingerprint density at radius 2 is 1.94 bits per heavy atom.